The van der Waals surface area contributed by atoms with Crippen LogP contribution in [0.4, 0.5) is 0 Å². The summed E-state index contributed by atoms with van der Waals surface area (Å²) in [5.74, 6) is 0. The molecule has 0 aromatic rings. The molecule has 0 saturated carbocycles. The third-order valence-corrected chi connectivity index (χ3v) is 2.10. The van der Waals surface area contributed by atoms with Crippen molar-refractivity contribution in [1.29, 1.82) is 0 Å². The lowest BCUT2D eigenvalue weighted by Gasteiger charge is -2.15. The van der Waals surface area contributed by atoms with Crippen molar-refractivity contribution < 1.29 is 0 Å². The summed E-state index contributed by atoms with van der Waals surface area (Å²) in [4.78, 5) is 0. The van der Waals surface area contributed by atoms with Gasteiger partial charge in [0, 0.05) is 11.1 Å². The molecule has 0 atom stereocenters. The Morgan fingerprint density at radius 3 is 2.67 bits per heavy atom. The van der Waals surface area contributed by atoms with Gasteiger partial charge in [0.15, 0.2) is 0 Å². The fraction of sp³-hybridized carbons (Fsp3) is 0.455. The highest BCUT2D eigenvalue weighted by molar-refractivity contribution is 5.36. The van der Waals surface area contributed by atoms with Crippen LogP contribution in [-0.2, 0) is 0 Å². The minimum absolute atomic E-state index is 0.142. The zero-order valence-electron chi connectivity index (χ0n) is 8.09. The van der Waals surface area contributed by atoms with Gasteiger partial charge in [-0.3, -0.25) is 0 Å². The summed E-state index contributed by atoms with van der Waals surface area (Å²) in [6.07, 6.45) is 9.43. The minimum Gasteiger partial charge on any atom is -0.399 e. The predicted molar refractivity (Wildman–Crippen MR) is 53.6 cm³/mol. The third kappa shape index (κ3) is 2.00. The standard InChI is InChI=1S/C11H17N/c1-4-9-8-11(2,3)7-5-6-10(9)12/h5-8H,4,12H2,1-3H3. The second-order valence-corrected chi connectivity index (χ2v) is 3.83. The van der Waals surface area contributed by atoms with Crippen molar-refractivity contribution in [2.75, 3.05) is 0 Å². The van der Waals surface area contributed by atoms with Crippen LogP contribution in [0.1, 0.15) is 27.2 Å². The molecule has 1 nitrogen and oxygen atoms in total. The van der Waals surface area contributed by atoms with E-state index in [2.05, 4.69) is 32.9 Å². The van der Waals surface area contributed by atoms with Crippen molar-refractivity contribution in [3.63, 3.8) is 0 Å². The molecular formula is C11H17N. The number of rotatable bonds is 1. The van der Waals surface area contributed by atoms with Gasteiger partial charge in [0.25, 0.3) is 0 Å². The topological polar surface area (TPSA) is 26.0 Å². The van der Waals surface area contributed by atoms with Gasteiger partial charge in [-0.1, -0.05) is 39.0 Å². The first kappa shape index (κ1) is 9.11. The number of hydrogen-bond donors (Lipinski definition) is 1. The maximum Gasteiger partial charge on any atom is 0.0343 e. The molecule has 0 heterocycles. The molecular weight excluding hydrogens is 146 g/mol. The Morgan fingerprint density at radius 2 is 2.08 bits per heavy atom. The first-order valence-corrected chi connectivity index (χ1v) is 4.42. The summed E-state index contributed by atoms with van der Waals surface area (Å²) in [5.41, 5.74) is 8.15. The van der Waals surface area contributed by atoms with Gasteiger partial charge in [-0.2, -0.15) is 0 Å². The van der Waals surface area contributed by atoms with Crippen LogP contribution in [0.25, 0.3) is 0 Å². The number of allylic oxidation sites excluding steroid dienone is 5. The van der Waals surface area contributed by atoms with E-state index in [0.717, 1.165) is 12.1 Å². The Balaban J connectivity index is 3.03. The molecule has 0 aromatic carbocycles. The van der Waals surface area contributed by atoms with Crippen molar-refractivity contribution >= 4 is 0 Å². The average molecular weight is 163 g/mol. The monoisotopic (exact) mass is 163 g/mol. The zero-order valence-corrected chi connectivity index (χ0v) is 8.09. The summed E-state index contributed by atoms with van der Waals surface area (Å²) in [6.45, 7) is 6.51. The Labute approximate surface area is 74.7 Å². The van der Waals surface area contributed by atoms with E-state index in [-0.39, 0.29) is 5.41 Å². The third-order valence-electron chi connectivity index (χ3n) is 2.10. The highest BCUT2D eigenvalue weighted by Crippen LogP contribution is 2.26. The minimum atomic E-state index is 0.142. The lowest BCUT2D eigenvalue weighted by Crippen LogP contribution is -2.05. The van der Waals surface area contributed by atoms with Gasteiger partial charge in [-0.15, -0.1) is 0 Å². The normalized spacial score (nSPS) is 21.2. The lowest BCUT2D eigenvalue weighted by molar-refractivity contribution is 0.620. The van der Waals surface area contributed by atoms with Gasteiger partial charge < -0.3 is 5.73 Å². The van der Waals surface area contributed by atoms with Gasteiger partial charge in [0.2, 0.25) is 0 Å². The van der Waals surface area contributed by atoms with E-state index >= 15 is 0 Å². The highest BCUT2D eigenvalue weighted by atomic mass is 14.6. The van der Waals surface area contributed by atoms with E-state index in [1.54, 1.807) is 0 Å². The molecule has 1 rings (SSSR count). The van der Waals surface area contributed by atoms with Crippen LogP contribution in [-0.4, -0.2) is 0 Å². The van der Waals surface area contributed by atoms with Crippen LogP contribution >= 0.6 is 0 Å². The maximum atomic E-state index is 5.85. The molecule has 0 aliphatic heterocycles. The molecule has 0 spiro atoms. The Morgan fingerprint density at radius 1 is 1.42 bits per heavy atom. The van der Waals surface area contributed by atoms with E-state index in [1.807, 2.05) is 12.2 Å². The molecule has 0 saturated heterocycles. The molecule has 1 aliphatic carbocycles. The van der Waals surface area contributed by atoms with Crippen molar-refractivity contribution in [2.45, 2.75) is 27.2 Å². The van der Waals surface area contributed by atoms with Gasteiger partial charge in [-0.25, -0.2) is 0 Å². The van der Waals surface area contributed by atoms with Crippen molar-refractivity contribution in [1.82, 2.24) is 0 Å². The summed E-state index contributed by atoms with van der Waals surface area (Å²) in [5, 5.41) is 0. The molecule has 0 amide bonds. The average Bonchev–Trinajstić information content (AvgIpc) is 2.10. The SMILES string of the molecule is CCC1=CC(C)(C)C=CC=C1N. The van der Waals surface area contributed by atoms with Crippen molar-refractivity contribution in [3.05, 3.63) is 35.6 Å². The lowest BCUT2D eigenvalue weighted by atomic mass is 9.90. The Kier molecular flexibility index (Phi) is 2.41. The fourth-order valence-corrected chi connectivity index (χ4v) is 1.39. The second-order valence-electron chi connectivity index (χ2n) is 3.83. The van der Waals surface area contributed by atoms with Crippen LogP contribution in [0, 0.1) is 5.41 Å². The summed E-state index contributed by atoms with van der Waals surface area (Å²) in [6, 6.07) is 0. The van der Waals surface area contributed by atoms with Crippen molar-refractivity contribution in [2.24, 2.45) is 11.1 Å². The molecule has 66 valence electrons. The van der Waals surface area contributed by atoms with Crippen LogP contribution < -0.4 is 5.73 Å². The van der Waals surface area contributed by atoms with E-state index in [4.69, 9.17) is 5.73 Å². The molecule has 1 heteroatoms. The van der Waals surface area contributed by atoms with Gasteiger partial charge >= 0.3 is 0 Å². The largest absolute Gasteiger partial charge is 0.399 e. The van der Waals surface area contributed by atoms with Crippen LogP contribution in [0.15, 0.2) is 35.6 Å². The fourth-order valence-electron chi connectivity index (χ4n) is 1.39. The highest BCUT2D eigenvalue weighted by Gasteiger charge is 2.13. The maximum absolute atomic E-state index is 5.85. The molecule has 0 radical (unpaired) electrons. The molecule has 0 fully saturated rings. The van der Waals surface area contributed by atoms with E-state index in [9.17, 15) is 0 Å². The second kappa shape index (κ2) is 3.18. The summed E-state index contributed by atoms with van der Waals surface area (Å²) >= 11 is 0. The Hall–Kier alpha value is -0.980. The molecule has 2 N–H and O–H groups in total. The molecule has 0 unspecified atom stereocenters. The first-order chi connectivity index (χ1) is 5.55. The van der Waals surface area contributed by atoms with Crippen LogP contribution in [0.3, 0.4) is 0 Å². The smallest absolute Gasteiger partial charge is 0.0343 e. The van der Waals surface area contributed by atoms with Crippen LogP contribution in [0.5, 0.6) is 0 Å². The van der Waals surface area contributed by atoms with E-state index in [0.29, 0.717) is 0 Å². The van der Waals surface area contributed by atoms with Gasteiger partial charge in [0.1, 0.15) is 0 Å². The molecule has 0 bridgehead atoms. The molecule has 0 aromatic heterocycles. The number of hydrogen-bond acceptors (Lipinski definition) is 1. The summed E-state index contributed by atoms with van der Waals surface area (Å²) in [7, 11) is 0. The van der Waals surface area contributed by atoms with Crippen LogP contribution in [0.2, 0.25) is 0 Å². The van der Waals surface area contributed by atoms with Gasteiger partial charge in [-0.05, 0) is 18.1 Å². The zero-order chi connectivity index (χ0) is 9.19. The number of nitrogens with two attached hydrogens (primary N) is 1. The Bertz CT molecular complexity index is 254. The quantitative estimate of drug-likeness (QED) is 0.632. The van der Waals surface area contributed by atoms with Crippen molar-refractivity contribution in [3.8, 4) is 0 Å². The molecule has 1 aliphatic rings. The van der Waals surface area contributed by atoms with Gasteiger partial charge in [0.05, 0.1) is 0 Å². The summed E-state index contributed by atoms with van der Waals surface area (Å²) < 4.78 is 0. The van der Waals surface area contributed by atoms with E-state index < -0.39 is 0 Å². The first-order valence-electron chi connectivity index (χ1n) is 4.42. The predicted octanol–water partition coefficient (Wildman–Crippen LogP) is 2.76. The molecule has 12 heavy (non-hydrogen) atoms. The van der Waals surface area contributed by atoms with E-state index in [1.165, 1.54) is 5.57 Å².